The van der Waals surface area contributed by atoms with Crippen LogP contribution in [-0.4, -0.2) is 21.7 Å². The predicted molar refractivity (Wildman–Crippen MR) is 72.9 cm³/mol. The highest BCUT2D eigenvalue weighted by atomic mass is 19.1. The van der Waals surface area contributed by atoms with E-state index in [1.165, 1.54) is 18.5 Å². The van der Waals surface area contributed by atoms with E-state index in [9.17, 15) is 9.50 Å². The van der Waals surface area contributed by atoms with Crippen molar-refractivity contribution in [2.75, 3.05) is 6.61 Å². The summed E-state index contributed by atoms with van der Waals surface area (Å²) >= 11 is 0. The molecule has 0 spiro atoms. The number of hydrogen-bond donors (Lipinski definition) is 1. The Balaban J connectivity index is 2.33. The zero-order valence-electron chi connectivity index (χ0n) is 11.5. The third-order valence-corrected chi connectivity index (χ3v) is 3.02. The summed E-state index contributed by atoms with van der Waals surface area (Å²) in [7, 11) is 0. The summed E-state index contributed by atoms with van der Waals surface area (Å²) in [5.74, 6) is 0.0862. The minimum absolute atomic E-state index is 0.368. The highest BCUT2D eigenvalue weighted by Gasteiger charge is 2.27. The molecule has 0 amide bonds. The van der Waals surface area contributed by atoms with E-state index in [0.29, 0.717) is 23.5 Å². The molecule has 1 atom stereocenters. The van der Waals surface area contributed by atoms with Crippen LogP contribution in [0.5, 0.6) is 5.75 Å². The SMILES string of the molecule is CCCOc1cncc(C(C)(O)c2cncc(F)c2)c1. The number of aliphatic hydroxyl groups is 1. The topological polar surface area (TPSA) is 55.2 Å². The van der Waals surface area contributed by atoms with Gasteiger partial charge in [0.15, 0.2) is 0 Å². The van der Waals surface area contributed by atoms with Gasteiger partial charge in [0.1, 0.15) is 17.2 Å². The Bertz CT molecular complexity index is 588. The van der Waals surface area contributed by atoms with Crippen molar-refractivity contribution in [1.82, 2.24) is 9.97 Å². The van der Waals surface area contributed by atoms with Crippen molar-refractivity contribution < 1.29 is 14.2 Å². The second-order valence-electron chi connectivity index (χ2n) is 4.72. The molecule has 2 aromatic heterocycles. The van der Waals surface area contributed by atoms with Gasteiger partial charge in [-0.15, -0.1) is 0 Å². The predicted octanol–water partition coefficient (Wildman–Crippen LogP) is 2.66. The summed E-state index contributed by atoms with van der Waals surface area (Å²) in [6.45, 7) is 4.16. The molecule has 20 heavy (non-hydrogen) atoms. The number of rotatable bonds is 5. The number of hydrogen-bond acceptors (Lipinski definition) is 4. The van der Waals surface area contributed by atoms with Crippen LogP contribution in [0.1, 0.15) is 31.4 Å². The smallest absolute Gasteiger partial charge is 0.141 e. The summed E-state index contributed by atoms with van der Waals surface area (Å²) in [4.78, 5) is 7.81. The normalized spacial score (nSPS) is 13.8. The Morgan fingerprint density at radius 1 is 1.15 bits per heavy atom. The third-order valence-electron chi connectivity index (χ3n) is 3.02. The van der Waals surface area contributed by atoms with Gasteiger partial charge in [-0.1, -0.05) is 6.92 Å². The average Bonchev–Trinajstić information content (AvgIpc) is 2.45. The molecular weight excluding hydrogens is 259 g/mol. The van der Waals surface area contributed by atoms with Crippen molar-refractivity contribution in [1.29, 1.82) is 0 Å². The Kier molecular flexibility index (Phi) is 4.29. The fourth-order valence-electron chi connectivity index (χ4n) is 1.83. The van der Waals surface area contributed by atoms with Gasteiger partial charge in [0.25, 0.3) is 0 Å². The molecule has 4 nitrogen and oxygen atoms in total. The summed E-state index contributed by atoms with van der Waals surface area (Å²) in [6.07, 6.45) is 6.53. The van der Waals surface area contributed by atoms with Crippen LogP contribution in [-0.2, 0) is 5.60 Å². The van der Waals surface area contributed by atoms with Gasteiger partial charge in [-0.2, -0.15) is 0 Å². The van der Waals surface area contributed by atoms with Crippen LogP contribution in [0.3, 0.4) is 0 Å². The number of ether oxygens (including phenoxy) is 1. The van der Waals surface area contributed by atoms with Crippen molar-refractivity contribution in [3.8, 4) is 5.75 Å². The molecule has 0 fully saturated rings. The molecule has 2 heterocycles. The molecule has 0 aromatic carbocycles. The first-order valence-corrected chi connectivity index (χ1v) is 6.45. The monoisotopic (exact) mass is 276 g/mol. The van der Waals surface area contributed by atoms with Crippen LogP contribution in [0.15, 0.2) is 36.9 Å². The Labute approximate surface area is 117 Å². The number of aromatic nitrogens is 2. The molecule has 5 heteroatoms. The van der Waals surface area contributed by atoms with Crippen molar-refractivity contribution >= 4 is 0 Å². The molecule has 106 valence electrons. The molecule has 2 rings (SSSR count). The first-order valence-electron chi connectivity index (χ1n) is 6.45. The van der Waals surface area contributed by atoms with Gasteiger partial charge in [-0.25, -0.2) is 4.39 Å². The van der Waals surface area contributed by atoms with Gasteiger partial charge in [0, 0.05) is 23.5 Å². The molecular formula is C15H17FN2O2. The molecule has 0 aliphatic heterocycles. The Hall–Kier alpha value is -2.01. The van der Waals surface area contributed by atoms with Gasteiger partial charge >= 0.3 is 0 Å². The molecule has 1 N–H and O–H groups in total. The van der Waals surface area contributed by atoms with E-state index >= 15 is 0 Å². The lowest BCUT2D eigenvalue weighted by molar-refractivity contribution is 0.101. The second-order valence-corrected chi connectivity index (χ2v) is 4.72. The number of pyridine rings is 2. The van der Waals surface area contributed by atoms with Crippen LogP contribution < -0.4 is 4.74 Å². The Morgan fingerprint density at radius 3 is 2.45 bits per heavy atom. The van der Waals surface area contributed by atoms with Crippen LogP contribution in [0.4, 0.5) is 4.39 Å². The lowest BCUT2D eigenvalue weighted by Crippen LogP contribution is -2.23. The largest absolute Gasteiger partial charge is 0.492 e. The van der Waals surface area contributed by atoms with Gasteiger partial charge < -0.3 is 9.84 Å². The first kappa shape index (κ1) is 14.4. The molecule has 0 bridgehead atoms. The first-order chi connectivity index (χ1) is 9.54. The molecule has 2 aromatic rings. The van der Waals surface area contributed by atoms with Crippen LogP contribution >= 0.6 is 0 Å². The minimum Gasteiger partial charge on any atom is -0.492 e. The highest BCUT2D eigenvalue weighted by molar-refractivity contribution is 5.35. The van der Waals surface area contributed by atoms with E-state index < -0.39 is 11.4 Å². The van der Waals surface area contributed by atoms with E-state index in [0.717, 1.165) is 12.6 Å². The number of halogens is 1. The summed E-state index contributed by atoms with van der Waals surface area (Å²) in [6, 6.07) is 2.96. The minimum atomic E-state index is -1.38. The quantitative estimate of drug-likeness (QED) is 0.912. The fourth-order valence-corrected chi connectivity index (χ4v) is 1.83. The maximum absolute atomic E-state index is 13.2. The maximum atomic E-state index is 13.2. The van der Waals surface area contributed by atoms with Crippen molar-refractivity contribution in [2.24, 2.45) is 0 Å². The van der Waals surface area contributed by atoms with Crippen molar-refractivity contribution in [2.45, 2.75) is 25.9 Å². The maximum Gasteiger partial charge on any atom is 0.141 e. The lowest BCUT2D eigenvalue weighted by atomic mass is 9.90. The van der Waals surface area contributed by atoms with E-state index in [-0.39, 0.29) is 0 Å². The standard InChI is InChI=1S/C15H17FN2O2/c1-3-4-20-14-6-12(8-18-10-14)15(2,19)11-5-13(16)9-17-7-11/h5-10,19H,3-4H2,1-2H3. The highest BCUT2D eigenvalue weighted by Crippen LogP contribution is 2.30. The fraction of sp³-hybridized carbons (Fsp3) is 0.333. The third kappa shape index (κ3) is 3.11. The summed E-state index contributed by atoms with van der Waals surface area (Å²) < 4.78 is 18.7. The second kappa shape index (κ2) is 5.96. The molecule has 0 saturated heterocycles. The average molecular weight is 276 g/mol. The van der Waals surface area contributed by atoms with E-state index in [2.05, 4.69) is 9.97 Å². The van der Waals surface area contributed by atoms with E-state index in [1.54, 1.807) is 19.2 Å². The molecule has 0 radical (unpaired) electrons. The summed E-state index contributed by atoms with van der Waals surface area (Å²) in [5.41, 5.74) is -0.487. The van der Waals surface area contributed by atoms with Crippen molar-refractivity contribution in [3.05, 3.63) is 53.9 Å². The van der Waals surface area contributed by atoms with Crippen LogP contribution in [0, 0.1) is 5.82 Å². The van der Waals surface area contributed by atoms with Crippen LogP contribution in [0.2, 0.25) is 0 Å². The Morgan fingerprint density at radius 2 is 1.80 bits per heavy atom. The van der Waals surface area contributed by atoms with E-state index in [1.807, 2.05) is 6.92 Å². The molecule has 1 unspecified atom stereocenters. The zero-order valence-corrected chi connectivity index (χ0v) is 11.5. The van der Waals surface area contributed by atoms with Gasteiger partial charge in [-0.05, 0) is 25.5 Å². The molecule has 0 aliphatic rings. The van der Waals surface area contributed by atoms with Crippen LogP contribution in [0.25, 0.3) is 0 Å². The van der Waals surface area contributed by atoms with Gasteiger partial charge in [0.2, 0.25) is 0 Å². The van der Waals surface area contributed by atoms with Gasteiger partial charge in [0.05, 0.1) is 19.0 Å². The number of nitrogens with zero attached hydrogens (tertiary/aromatic N) is 2. The summed E-state index contributed by atoms with van der Waals surface area (Å²) in [5, 5.41) is 10.6. The van der Waals surface area contributed by atoms with Gasteiger partial charge in [-0.3, -0.25) is 9.97 Å². The zero-order chi connectivity index (χ0) is 14.6. The lowest BCUT2D eigenvalue weighted by Gasteiger charge is -2.24. The molecule has 0 aliphatic carbocycles. The van der Waals surface area contributed by atoms with E-state index in [4.69, 9.17) is 4.74 Å². The molecule has 0 saturated carbocycles. The van der Waals surface area contributed by atoms with Crippen molar-refractivity contribution in [3.63, 3.8) is 0 Å².